The number of carbonyl (C=O) groups excluding carboxylic acids is 8. The lowest BCUT2D eigenvalue weighted by atomic mass is 9.87. The molecule has 8 aliphatic rings. The van der Waals surface area contributed by atoms with Crippen molar-refractivity contribution in [3.05, 3.63) is 142 Å². The fraction of sp³-hybridized carbons (Fsp3) is 0.486. The van der Waals surface area contributed by atoms with Gasteiger partial charge in [-0.15, -0.1) is 0 Å². The van der Waals surface area contributed by atoms with Gasteiger partial charge in [-0.2, -0.15) is 11.8 Å². The maximum Gasteiger partial charge on any atom is 0.407 e. The van der Waals surface area contributed by atoms with Gasteiger partial charge in [0.1, 0.15) is 25.3 Å². The molecule has 12 rings (SSSR count). The van der Waals surface area contributed by atoms with E-state index >= 15 is 0 Å². The van der Waals surface area contributed by atoms with Gasteiger partial charge in [0.2, 0.25) is 17.5 Å². The molecule has 7 amide bonds. The number of urea groups is 1. The van der Waals surface area contributed by atoms with Crippen molar-refractivity contribution in [3.63, 3.8) is 0 Å². The van der Waals surface area contributed by atoms with Gasteiger partial charge in [0.15, 0.2) is 23.7 Å². The number of ketones is 2. The van der Waals surface area contributed by atoms with E-state index in [0.717, 1.165) is 68.2 Å². The van der Waals surface area contributed by atoms with Crippen molar-refractivity contribution in [1.29, 1.82) is 0 Å². The van der Waals surface area contributed by atoms with E-state index in [1.165, 1.54) is 0 Å². The van der Waals surface area contributed by atoms with Crippen molar-refractivity contribution >= 4 is 83.1 Å². The van der Waals surface area contributed by atoms with Gasteiger partial charge in [0.05, 0.1) is 25.2 Å². The number of hydrogen-bond donors (Lipinski definition) is 22. The zero-order valence-corrected chi connectivity index (χ0v) is 58.2. The number of aliphatic hydroxyl groups is 4. The van der Waals surface area contributed by atoms with Crippen LogP contribution in [0.3, 0.4) is 0 Å². The molecule has 9 atom stereocenters. The fourth-order valence-corrected chi connectivity index (χ4v) is 16.0. The summed E-state index contributed by atoms with van der Waals surface area (Å²) in [4.78, 5) is 106. The zero-order chi connectivity index (χ0) is 73.9. The molecule has 0 saturated carbocycles. The summed E-state index contributed by atoms with van der Waals surface area (Å²) in [6, 6.07) is 23.9. The number of unbranched alkanes of at least 4 members (excludes halogenated alkanes) is 6. The minimum atomic E-state index is -2.16. The first kappa shape index (κ1) is 77.3. The summed E-state index contributed by atoms with van der Waals surface area (Å²) in [6.07, 6.45) is 6.44. The van der Waals surface area contributed by atoms with Crippen LogP contribution in [0.4, 0.5) is 14.4 Å². The molecule has 105 heavy (non-hydrogen) atoms. The number of rotatable bonds is 29. The maximum absolute atomic E-state index is 13.2. The molecule has 35 heteroatoms. The van der Waals surface area contributed by atoms with Crippen molar-refractivity contribution in [1.82, 2.24) is 58.5 Å². The predicted molar refractivity (Wildman–Crippen MR) is 385 cm³/mol. The molecule has 0 radical (unpaired) electrons. The van der Waals surface area contributed by atoms with Crippen LogP contribution >= 0.6 is 11.8 Å². The monoisotopic (exact) mass is 1470 g/mol. The molecule has 4 aromatic carbocycles. The molecule has 564 valence electrons. The second-order valence-electron chi connectivity index (χ2n) is 27.0. The summed E-state index contributed by atoms with van der Waals surface area (Å²) >= 11 is 1.71. The van der Waals surface area contributed by atoms with E-state index < -0.39 is 59.3 Å². The second-order valence-corrected chi connectivity index (χ2v) is 28.3. The predicted octanol–water partition coefficient (Wildman–Crippen LogP) is -5.97. The number of nitrogens with zero attached hydrogens (tertiary/aromatic N) is 2. The van der Waals surface area contributed by atoms with Crippen LogP contribution in [0.15, 0.2) is 97.1 Å². The SMILES string of the molecule is C.NC1=[NH+][C@H]2C(COC(=O)NCc3ccc(C(=O)c4ccc(C(=O)NCCCCCCNC(=O)CC5SC[C@@H]6NC(=O)N[C@H]56)cc4)cc3)NC(N)=[N+]3CCC(O)(O)C23N1.NCCCCCCNC(=O)c1ccc(C(=O)c2ccc(CNC(=O)OCC3NC(N)=[N+]4CCC(O)(O)C45NC(N)=[NH+][C@@H]35)cc2)cc1. The lowest BCUT2D eigenvalue weighted by molar-refractivity contribution is -0.674. The van der Waals surface area contributed by atoms with Crippen molar-refractivity contribution in [2.45, 2.75) is 156 Å². The van der Waals surface area contributed by atoms with Gasteiger partial charge in [0, 0.05) is 96.4 Å². The number of hydrogen-bond acceptors (Lipinski definition) is 24. The molecule has 0 bridgehead atoms. The Balaban J connectivity index is 0.000000229. The smallest absolute Gasteiger partial charge is 0.407 e. The summed E-state index contributed by atoms with van der Waals surface area (Å²) in [6.45, 7) is 2.90. The van der Waals surface area contributed by atoms with Gasteiger partial charge in [-0.1, -0.05) is 106 Å². The summed E-state index contributed by atoms with van der Waals surface area (Å²) in [5, 5.41) is 75.2. The molecule has 4 fully saturated rings. The van der Waals surface area contributed by atoms with Crippen LogP contribution in [0.5, 0.6) is 0 Å². The van der Waals surface area contributed by atoms with E-state index in [9.17, 15) is 58.8 Å². The van der Waals surface area contributed by atoms with E-state index in [2.05, 4.69) is 68.5 Å². The average molecular weight is 1480 g/mol. The first-order valence-corrected chi connectivity index (χ1v) is 36.0. The number of nitrogens with two attached hydrogens (primary N) is 5. The van der Waals surface area contributed by atoms with Crippen LogP contribution in [0, 0.1) is 0 Å². The number of amides is 7. The van der Waals surface area contributed by atoms with Crippen molar-refractivity contribution in [2.24, 2.45) is 28.7 Å². The van der Waals surface area contributed by atoms with E-state index in [1.807, 2.05) is 0 Å². The first-order chi connectivity index (χ1) is 49.9. The second kappa shape index (κ2) is 33.6. The molecular formula is C70H98N20O14S+4. The summed E-state index contributed by atoms with van der Waals surface area (Å²) in [7, 11) is 0. The third kappa shape index (κ3) is 17.2. The lowest BCUT2D eigenvalue weighted by Gasteiger charge is -2.40. The van der Waals surface area contributed by atoms with Gasteiger partial charge in [0.25, 0.3) is 23.1 Å². The summed E-state index contributed by atoms with van der Waals surface area (Å²) < 4.78 is 14.1. The number of fused-ring (bicyclic) bond motifs is 1. The molecule has 8 heterocycles. The number of alkyl carbamates (subject to hydrolysis) is 2. The largest absolute Gasteiger partial charge is 0.446 e. The van der Waals surface area contributed by atoms with Crippen molar-refractivity contribution in [3.8, 4) is 0 Å². The van der Waals surface area contributed by atoms with Crippen LogP contribution in [-0.4, -0.2) is 224 Å². The topological polar surface area (TPSA) is 532 Å². The van der Waals surface area contributed by atoms with Gasteiger partial charge in [-0.3, -0.25) is 67.5 Å². The molecular weight excluding hydrogens is 1380 g/mol. The highest BCUT2D eigenvalue weighted by molar-refractivity contribution is 8.00. The van der Waals surface area contributed by atoms with E-state index in [-0.39, 0.29) is 136 Å². The van der Waals surface area contributed by atoms with Crippen LogP contribution < -0.4 is 97.1 Å². The van der Waals surface area contributed by atoms with E-state index in [4.69, 9.17) is 38.1 Å². The zero-order valence-electron chi connectivity index (χ0n) is 57.4. The molecule has 34 nitrogen and oxygen atoms in total. The van der Waals surface area contributed by atoms with Gasteiger partial charge >= 0.3 is 42.1 Å². The van der Waals surface area contributed by atoms with E-state index in [1.54, 1.807) is 118 Å². The molecule has 0 aromatic heterocycles. The number of ether oxygens (including phenoxy) is 2. The minimum absolute atomic E-state index is 0. The number of thioether (sulfide) groups is 1. The number of nitrogens with one attached hydrogen (secondary N) is 13. The fourth-order valence-electron chi connectivity index (χ4n) is 14.5. The third-order valence-corrected chi connectivity index (χ3v) is 21.5. The Morgan fingerprint density at radius 2 is 0.914 bits per heavy atom. The normalized spacial score (nSPS) is 24.3. The average Bonchev–Trinajstić information content (AvgIpc) is 1.55. The van der Waals surface area contributed by atoms with Crippen LogP contribution in [0.1, 0.15) is 142 Å². The number of carbonyl (C=O) groups is 8. The number of benzene rings is 4. The van der Waals surface area contributed by atoms with Crippen molar-refractivity contribution in [2.75, 3.05) is 58.2 Å². The highest BCUT2D eigenvalue weighted by Gasteiger charge is 2.76. The Kier molecular flexibility index (Phi) is 24.8. The Morgan fingerprint density at radius 3 is 1.33 bits per heavy atom. The van der Waals surface area contributed by atoms with Crippen molar-refractivity contribution < 1.29 is 87.4 Å². The van der Waals surface area contributed by atoms with E-state index in [0.29, 0.717) is 66.0 Å². The molecule has 8 aliphatic heterocycles. The van der Waals surface area contributed by atoms with Gasteiger partial charge in [-0.25, -0.2) is 34.2 Å². The number of guanidine groups is 4. The highest BCUT2D eigenvalue weighted by Crippen LogP contribution is 2.39. The maximum atomic E-state index is 13.2. The van der Waals surface area contributed by atoms with Crippen LogP contribution in [-0.2, 0) is 27.4 Å². The molecule has 4 saturated heterocycles. The highest BCUT2D eigenvalue weighted by atomic mass is 32.2. The van der Waals surface area contributed by atoms with Gasteiger partial charge < -0.3 is 72.9 Å². The Labute approximate surface area is 610 Å². The Hall–Kier alpha value is -10.3. The Morgan fingerprint density at radius 1 is 0.524 bits per heavy atom. The Bertz CT molecular complexity index is 3990. The minimum Gasteiger partial charge on any atom is -0.446 e. The lowest BCUT2D eigenvalue weighted by Crippen LogP contribution is -2.91. The molecule has 2 spiro atoms. The van der Waals surface area contributed by atoms with Gasteiger partial charge in [-0.05, 0) is 67.6 Å². The third-order valence-electron chi connectivity index (χ3n) is 20.0. The summed E-state index contributed by atoms with van der Waals surface area (Å²) in [5.74, 6) is -3.61. The molecule has 27 N–H and O–H groups in total. The molecule has 0 aliphatic carbocycles. The molecule has 5 unspecified atom stereocenters. The molecule has 4 aromatic rings. The van der Waals surface area contributed by atoms with Crippen LogP contribution in [0.2, 0.25) is 0 Å². The summed E-state index contributed by atoms with van der Waals surface area (Å²) in [5.41, 5.74) is 31.1. The standard InChI is InChI=1S/C38H49N11O8S.C31H41N9O6.CH4/c39-33-47-31-25(44-34(40)49-16-13-37(55,56)38(31,49)48-33)19-57-36(54)43-18-21-5-7-22(8-6-21)30(51)23-9-11-24(12-10-23)32(52)42-15-4-2-1-3-14-41-28(50)17-27-29-26(20-58-27)45-35(53)46-29;32-14-3-1-2-4-15-35-26(42)22-11-9-21(10-12-22)24(41)20-7-5-19(6-8-20)17-36-29(43)46-18-23-25-31(39-27(33)38-25)30(44,45)13-16-40(31)28(34)37-23;/h5-12,25-27,29,31,55-56H,1-4,13-20H2,(H10,39,40,41,42,43,44,45,46,47,48,50,52,53,54);5-12,23,25,44-45H,1-4,13-18,32H2,(H7,33,34,35,36,37,38,39,42,43);1H4/p+4/t25?,26-,27?,29-,31-,38?;23?,25-,31?;/m00./s1. The quantitative estimate of drug-likeness (QED) is 0.00791. The van der Waals surface area contributed by atoms with Crippen LogP contribution in [0.25, 0.3) is 0 Å². The first-order valence-electron chi connectivity index (χ1n) is 35.0.